The number of aromatic amines is 1. The molecule has 118 valence electrons. The second kappa shape index (κ2) is 7.65. The summed E-state index contributed by atoms with van der Waals surface area (Å²) >= 11 is 0. The van der Waals surface area contributed by atoms with E-state index in [-0.39, 0.29) is 12.3 Å². The molecule has 0 atom stereocenters. The third kappa shape index (κ3) is 4.63. The van der Waals surface area contributed by atoms with Gasteiger partial charge in [0.25, 0.3) is 0 Å². The van der Waals surface area contributed by atoms with Gasteiger partial charge in [-0.25, -0.2) is 8.78 Å². The Balaban J connectivity index is 1.76. The molecule has 2 rings (SSSR count). The summed E-state index contributed by atoms with van der Waals surface area (Å²) in [6.07, 6.45) is 0.547. The van der Waals surface area contributed by atoms with Crippen molar-refractivity contribution < 1.29 is 18.3 Å². The molecule has 1 aromatic heterocycles. The molecule has 0 saturated carbocycles. The summed E-state index contributed by atoms with van der Waals surface area (Å²) in [5.41, 5.74) is 2.11. The second-order valence-electron chi connectivity index (χ2n) is 4.84. The Kier molecular flexibility index (Phi) is 5.60. The van der Waals surface area contributed by atoms with Crippen LogP contribution in [0.4, 0.5) is 8.78 Å². The molecule has 2 N–H and O–H groups in total. The Labute approximate surface area is 126 Å². The molecule has 1 amide bonds. The number of amides is 1. The van der Waals surface area contributed by atoms with Gasteiger partial charge in [-0.05, 0) is 30.2 Å². The lowest BCUT2D eigenvalue weighted by molar-refractivity contribution is -0.121. The average Bonchev–Trinajstić information content (AvgIpc) is 2.94. The Morgan fingerprint density at radius 2 is 2.14 bits per heavy atom. The molecule has 0 spiro atoms. The van der Waals surface area contributed by atoms with Crippen LogP contribution in [0, 0.1) is 11.6 Å². The van der Waals surface area contributed by atoms with E-state index >= 15 is 0 Å². The quantitative estimate of drug-likeness (QED) is 0.823. The highest BCUT2D eigenvalue weighted by Crippen LogP contribution is 2.10. The zero-order chi connectivity index (χ0) is 15.9. The number of aromatic nitrogens is 2. The summed E-state index contributed by atoms with van der Waals surface area (Å²) in [6.45, 7) is 0.730. The third-order valence-electron chi connectivity index (χ3n) is 3.08. The van der Waals surface area contributed by atoms with Crippen molar-refractivity contribution in [2.24, 2.45) is 0 Å². The predicted molar refractivity (Wildman–Crippen MR) is 75.8 cm³/mol. The summed E-state index contributed by atoms with van der Waals surface area (Å²) in [6, 6.07) is 5.44. The topological polar surface area (TPSA) is 67.0 Å². The maximum Gasteiger partial charge on any atom is 0.220 e. The Morgan fingerprint density at radius 1 is 1.32 bits per heavy atom. The van der Waals surface area contributed by atoms with E-state index in [1.165, 1.54) is 6.07 Å². The first-order chi connectivity index (χ1) is 10.6. The minimum Gasteiger partial charge on any atom is -0.378 e. The first-order valence-corrected chi connectivity index (χ1v) is 6.81. The smallest absolute Gasteiger partial charge is 0.220 e. The maximum absolute atomic E-state index is 13.0. The van der Waals surface area contributed by atoms with Crippen molar-refractivity contribution >= 4 is 5.91 Å². The van der Waals surface area contributed by atoms with Crippen molar-refractivity contribution in [3.8, 4) is 0 Å². The lowest BCUT2D eigenvalue weighted by Gasteiger charge is -2.04. The number of hydrogen-bond acceptors (Lipinski definition) is 3. The van der Waals surface area contributed by atoms with E-state index in [1.807, 2.05) is 0 Å². The molecule has 0 unspecified atom stereocenters. The SMILES string of the molecule is COCc1cc(CNC(=O)CCc2ccc(F)c(F)c2)[nH]n1. The molecular weight excluding hydrogens is 292 g/mol. The highest BCUT2D eigenvalue weighted by Gasteiger charge is 2.07. The molecule has 0 radical (unpaired) electrons. The second-order valence-corrected chi connectivity index (χ2v) is 4.84. The highest BCUT2D eigenvalue weighted by atomic mass is 19.2. The van der Waals surface area contributed by atoms with E-state index in [9.17, 15) is 13.6 Å². The number of methoxy groups -OCH3 is 1. The van der Waals surface area contributed by atoms with Crippen molar-refractivity contribution in [1.82, 2.24) is 15.5 Å². The molecule has 0 aliphatic heterocycles. The van der Waals surface area contributed by atoms with Crippen LogP contribution in [0.3, 0.4) is 0 Å². The summed E-state index contributed by atoms with van der Waals surface area (Å²) in [5, 5.41) is 9.55. The van der Waals surface area contributed by atoms with Gasteiger partial charge in [-0.15, -0.1) is 0 Å². The number of H-pyrrole nitrogens is 1. The summed E-state index contributed by atoms with van der Waals surface area (Å²) in [5.74, 6) is -1.96. The molecule has 22 heavy (non-hydrogen) atoms. The number of halogens is 2. The number of carbonyl (C=O) groups is 1. The molecule has 0 aliphatic rings. The molecule has 7 heteroatoms. The third-order valence-corrected chi connectivity index (χ3v) is 3.08. The number of nitrogens with one attached hydrogen (secondary N) is 2. The minimum atomic E-state index is -0.902. The van der Waals surface area contributed by atoms with E-state index in [1.54, 1.807) is 13.2 Å². The molecule has 0 bridgehead atoms. The molecule has 2 aromatic rings. The fraction of sp³-hybridized carbons (Fsp3) is 0.333. The van der Waals surface area contributed by atoms with Crippen molar-refractivity contribution in [2.75, 3.05) is 7.11 Å². The molecule has 0 fully saturated rings. The zero-order valence-corrected chi connectivity index (χ0v) is 12.2. The van der Waals surface area contributed by atoms with E-state index in [0.717, 1.165) is 23.5 Å². The van der Waals surface area contributed by atoms with Gasteiger partial charge in [0.05, 0.1) is 24.5 Å². The first-order valence-electron chi connectivity index (χ1n) is 6.81. The molecule has 1 heterocycles. The number of ether oxygens (including phenoxy) is 1. The minimum absolute atomic E-state index is 0.173. The number of benzene rings is 1. The van der Waals surface area contributed by atoms with Crippen molar-refractivity contribution in [2.45, 2.75) is 26.0 Å². The van der Waals surface area contributed by atoms with E-state index < -0.39 is 11.6 Å². The van der Waals surface area contributed by atoms with Crippen molar-refractivity contribution in [1.29, 1.82) is 0 Å². The van der Waals surface area contributed by atoms with Gasteiger partial charge < -0.3 is 10.1 Å². The summed E-state index contributed by atoms with van der Waals surface area (Å²) in [4.78, 5) is 11.7. The first kappa shape index (κ1) is 16.1. The van der Waals surface area contributed by atoms with Gasteiger partial charge in [-0.2, -0.15) is 5.10 Å². The van der Waals surface area contributed by atoms with Gasteiger partial charge in [-0.3, -0.25) is 9.89 Å². The largest absolute Gasteiger partial charge is 0.378 e. The van der Waals surface area contributed by atoms with Crippen LogP contribution in [0.5, 0.6) is 0 Å². The molecule has 5 nitrogen and oxygen atoms in total. The monoisotopic (exact) mass is 309 g/mol. The maximum atomic E-state index is 13.0. The average molecular weight is 309 g/mol. The van der Waals surface area contributed by atoms with Gasteiger partial charge in [0.15, 0.2) is 11.6 Å². The summed E-state index contributed by atoms with van der Waals surface area (Å²) < 4.78 is 30.8. The number of rotatable bonds is 7. The number of nitrogens with zero attached hydrogens (tertiary/aromatic N) is 1. The Hall–Kier alpha value is -2.28. The van der Waals surface area contributed by atoms with Crippen molar-refractivity contribution in [3.63, 3.8) is 0 Å². The van der Waals surface area contributed by atoms with Gasteiger partial charge in [0, 0.05) is 13.5 Å². The fourth-order valence-corrected chi connectivity index (χ4v) is 1.96. The van der Waals surface area contributed by atoms with E-state index in [4.69, 9.17) is 4.74 Å². The highest BCUT2D eigenvalue weighted by molar-refractivity contribution is 5.76. The predicted octanol–water partition coefficient (Wildman–Crippen LogP) is 2.08. The lowest BCUT2D eigenvalue weighted by atomic mass is 10.1. The molecular formula is C15H17F2N3O2. The standard InChI is InChI=1S/C15H17F2N3O2/c1-22-9-12-7-11(19-20-12)8-18-15(21)5-3-10-2-4-13(16)14(17)6-10/h2,4,6-7H,3,5,8-9H2,1H3,(H,18,21)(H,19,20). The van der Waals surface area contributed by atoms with Crippen LogP contribution in [-0.2, 0) is 29.1 Å². The molecule has 0 aliphatic carbocycles. The van der Waals surface area contributed by atoms with Gasteiger partial charge in [0.1, 0.15) is 0 Å². The normalized spacial score (nSPS) is 10.7. The van der Waals surface area contributed by atoms with Crippen molar-refractivity contribution in [3.05, 3.63) is 52.9 Å². The number of aryl methyl sites for hydroxylation is 1. The van der Waals surface area contributed by atoms with E-state index in [2.05, 4.69) is 15.5 Å². The number of hydrogen-bond donors (Lipinski definition) is 2. The van der Waals surface area contributed by atoms with Gasteiger partial charge >= 0.3 is 0 Å². The van der Waals surface area contributed by atoms with Crippen LogP contribution >= 0.6 is 0 Å². The lowest BCUT2D eigenvalue weighted by Crippen LogP contribution is -2.23. The summed E-state index contributed by atoms with van der Waals surface area (Å²) in [7, 11) is 1.58. The van der Waals surface area contributed by atoms with Crippen LogP contribution in [-0.4, -0.2) is 23.2 Å². The van der Waals surface area contributed by atoms with E-state index in [0.29, 0.717) is 25.1 Å². The molecule has 0 saturated heterocycles. The molecule has 1 aromatic carbocycles. The zero-order valence-electron chi connectivity index (χ0n) is 12.2. The van der Waals surface area contributed by atoms with Gasteiger partial charge in [0.2, 0.25) is 5.91 Å². The fourth-order valence-electron chi connectivity index (χ4n) is 1.96. The van der Waals surface area contributed by atoms with Crippen LogP contribution in [0.15, 0.2) is 24.3 Å². The van der Waals surface area contributed by atoms with Gasteiger partial charge in [-0.1, -0.05) is 6.07 Å². The van der Waals surface area contributed by atoms with Crippen LogP contribution < -0.4 is 5.32 Å². The number of carbonyl (C=O) groups excluding carboxylic acids is 1. The van der Waals surface area contributed by atoms with Crippen LogP contribution in [0.25, 0.3) is 0 Å². The Morgan fingerprint density at radius 3 is 2.86 bits per heavy atom. The van der Waals surface area contributed by atoms with Crippen LogP contribution in [0.2, 0.25) is 0 Å². The Bertz CT molecular complexity index is 643. The van der Waals surface area contributed by atoms with Crippen LogP contribution in [0.1, 0.15) is 23.4 Å².